The van der Waals surface area contributed by atoms with Crippen LogP contribution in [0.15, 0.2) is 151 Å². The van der Waals surface area contributed by atoms with Crippen molar-refractivity contribution < 1.29 is 47.7 Å². The van der Waals surface area contributed by atoms with Crippen LogP contribution in [0, 0.1) is 5.92 Å². The molecule has 0 bridgehead atoms. The van der Waals surface area contributed by atoms with Crippen LogP contribution in [0.4, 0.5) is 0 Å². The molecule has 4 aliphatic heterocycles. The molecule has 0 aromatic heterocycles. The van der Waals surface area contributed by atoms with Crippen LogP contribution in [0.1, 0.15) is 88.3 Å². The molecule has 11 nitrogen and oxygen atoms in total. The molecule has 10 rings (SSSR count). The number of β-lactam (4-membered cyclic amide) rings is 1. The van der Waals surface area contributed by atoms with Gasteiger partial charge < -0.3 is 28.6 Å². The minimum atomic E-state index is -1.22. The van der Waals surface area contributed by atoms with Crippen molar-refractivity contribution in [2.45, 2.75) is 76.1 Å². The summed E-state index contributed by atoms with van der Waals surface area (Å²) in [5, 5.41) is -0.00898. The first-order valence-corrected chi connectivity index (χ1v) is 24.3. The molecule has 0 radical (unpaired) electrons. The molecule has 0 saturated carbocycles. The van der Waals surface area contributed by atoms with Gasteiger partial charge >= 0.3 is 12.1 Å². The first kappa shape index (κ1) is 46.7. The van der Waals surface area contributed by atoms with Crippen molar-refractivity contribution >= 4 is 35.6 Å². The molecule has 12 heteroatoms. The summed E-state index contributed by atoms with van der Waals surface area (Å²) in [6.07, 6.45) is 7.89. The number of hydrogen-bond donors (Lipinski definition) is 0. The lowest BCUT2D eigenvalue weighted by atomic mass is 9.77. The molecule has 1 unspecified atom stereocenters. The van der Waals surface area contributed by atoms with E-state index in [9.17, 15) is 14.4 Å². The number of rotatable bonds is 18. The van der Waals surface area contributed by atoms with E-state index >= 15 is 0 Å². The quantitative estimate of drug-likeness (QED) is 0.0463. The van der Waals surface area contributed by atoms with Crippen LogP contribution < -0.4 is 18.9 Å². The van der Waals surface area contributed by atoms with Crippen LogP contribution in [0.25, 0.3) is 0 Å². The zero-order valence-electron chi connectivity index (χ0n) is 38.2. The van der Waals surface area contributed by atoms with E-state index in [0.717, 1.165) is 82.4 Å². The van der Waals surface area contributed by atoms with Gasteiger partial charge in [-0.1, -0.05) is 117 Å². The number of ketones is 1. The number of thioether (sulfide) groups is 1. The summed E-state index contributed by atoms with van der Waals surface area (Å²) in [6.45, 7) is 3.27. The third kappa shape index (κ3) is 10.1. The van der Waals surface area contributed by atoms with E-state index in [4.69, 9.17) is 33.3 Å². The number of benzene rings is 6. The summed E-state index contributed by atoms with van der Waals surface area (Å²) in [5.74, 6) is 3.33. The highest BCUT2D eigenvalue weighted by atomic mass is 32.2. The number of esters is 1. The van der Waals surface area contributed by atoms with Gasteiger partial charge in [-0.15, -0.1) is 11.8 Å². The monoisotopic (exact) mass is 941 g/mol. The van der Waals surface area contributed by atoms with E-state index in [1.54, 1.807) is 16.7 Å². The molecule has 69 heavy (non-hydrogen) atoms. The number of hydrogen-bond acceptors (Lipinski definition) is 11. The topological polar surface area (TPSA) is 135 Å². The molecular formula is C57H51NO10S. The summed E-state index contributed by atoms with van der Waals surface area (Å²) in [6, 6.07) is 45.0. The van der Waals surface area contributed by atoms with Gasteiger partial charge in [0.1, 0.15) is 54.4 Å². The number of Topliss-reactive ketones (excluding diaryl/α,β-unsaturated/α-hetero) is 1. The van der Waals surface area contributed by atoms with Gasteiger partial charge in [-0.25, -0.2) is 4.79 Å². The van der Waals surface area contributed by atoms with E-state index in [2.05, 4.69) is 13.0 Å². The van der Waals surface area contributed by atoms with Gasteiger partial charge in [0.25, 0.3) is 0 Å². The fourth-order valence-electron chi connectivity index (χ4n) is 9.36. The van der Waals surface area contributed by atoms with Crippen molar-refractivity contribution in [3.05, 3.63) is 196 Å². The largest absolute Gasteiger partial charge is 0.489 e. The van der Waals surface area contributed by atoms with Crippen molar-refractivity contribution in [2.75, 3.05) is 12.4 Å². The van der Waals surface area contributed by atoms with Crippen molar-refractivity contribution in [3.8, 4) is 28.7 Å². The zero-order chi connectivity index (χ0) is 47.7. The van der Waals surface area contributed by atoms with E-state index in [1.807, 2.05) is 140 Å². The number of unbranched alkanes of at least 4 members (excludes halogenated alkanes) is 3. The predicted octanol–water partition coefficient (Wildman–Crippen LogP) is 10.9. The standard InChI is InChI=1S/C56H51NO8S.CO2/c1-2-3-4-11-18-41-28-49-52(64-51-30-44(62-33-38-16-9-6-10-17-38)25-26-48(51)56(49)47-20-13-12-19-45(47)55(60)65-56)31-50(41)63-34-39-21-23-43(24-22-39)61-35-40-32-57-53(59)46(54(57)66-36-40)29-42(58)27-37-14-7-5-8-15-37;2-1-3/h5-10,12-17,19-26,28,30-32,46,54H,2-4,11,18,27,29,33-36H2,1H3;/t46-,54-,56?;/m0./s1. The number of aryl methyl sites for hydroxylation is 1. The maximum absolute atomic E-state index is 13.7. The van der Waals surface area contributed by atoms with Crippen molar-refractivity contribution in [2.24, 2.45) is 5.92 Å². The maximum Gasteiger partial charge on any atom is 0.373 e. The second kappa shape index (κ2) is 21.3. The van der Waals surface area contributed by atoms with Gasteiger partial charge in [0.15, 0.2) is 5.60 Å². The number of ether oxygens (including phenoxy) is 5. The molecule has 6 aromatic carbocycles. The Morgan fingerprint density at radius 1 is 0.710 bits per heavy atom. The SMILES string of the molecule is CCCCCCc1cc2c(cc1OCc1ccc(OCC3=CN4C(=O)[C@H](CC(=O)Cc5ccccc5)[C@@H]4SC3)cc1)Oc1cc(OCc3ccccc3)ccc1C21OC(=O)c2ccccc21.O=C=O. The van der Waals surface area contributed by atoms with Crippen LogP contribution in [0.3, 0.4) is 0 Å². The fourth-order valence-corrected chi connectivity index (χ4v) is 10.7. The normalized spacial score (nSPS) is 18.0. The number of nitrogens with zero attached hydrogens (tertiary/aromatic N) is 1. The molecule has 0 N–H and O–H groups in total. The van der Waals surface area contributed by atoms with E-state index in [-0.39, 0.29) is 41.5 Å². The molecule has 3 atom stereocenters. The van der Waals surface area contributed by atoms with E-state index < -0.39 is 5.60 Å². The predicted molar refractivity (Wildman–Crippen MR) is 259 cm³/mol. The average molecular weight is 942 g/mol. The lowest BCUT2D eigenvalue weighted by molar-refractivity contribution is -0.191. The Hall–Kier alpha value is -7.40. The highest BCUT2D eigenvalue weighted by Crippen LogP contribution is 2.57. The number of fused-ring (bicyclic) bond motifs is 7. The molecule has 1 amide bonds. The van der Waals surface area contributed by atoms with Gasteiger partial charge in [-0.05, 0) is 77.1 Å². The van der Waals surface area contributed by atoms with Gasteiger partial charge in [0, 0.05) is 53.6 Å². The molecule has 0 aliphatic carbocycles. The van der Waals surface area contributed by atoms with E-state index in [1.165, 1.54) is 0 Å². The Balaban J connectivity index is 0.00000193. The average Bonchev–Trinajstić information content (AvgIpc) is 3.67. The molecule has 4 aliphatic rings. The molecule has 1 fully saturated rings. The Kier molecular flexibility index (Phi) is 14.4. The summed E-state index contributed by atoms with van der Waals surface area (Å²) in [7, 11) is 0. The van der Waals surface area contributed by atoms with Crippen LogP contribution in [-0.2, 0) is 55.6 Å². The summed E-state index contributed by atoms with van der Waals surface area (Å²) >= 11 is 1.69. The second-order valence-electron chi connectivity index (χ2n) is 17.5. The van der Waals surface area contributed by atoms with Gasteiger partial charge in [0.05, 0.1) is 16.9 Å². The Morgan fingerprint density at radius 2 is 1.38 bits per heavy atom. The highest BCUT2D eigenvalue weighted by molar-refractivity contribution is 8.00. The number of amides is 1. The third-order valence-corrected chi connectivity index (χ3v) is 14.2. The zero-order valence-corrected chi connectivity index (χ0v) is 39.0. The lowest BCUT2D eigenvalue weighted by Crippen LogP contribution is -2.58. The molecule has 350 valence electrons. The molecule has 4 heterocycles. The molecule has 1 saturated heterocycles. The molecular weight excluding hydrogens is 891 g/mol. The Labute approximate surface area is 405 Å². The smallest absolute Gasteiger partial charge is 0.373 e. The molecule has 6 aromatic rings. The van der Waals surface area contributed by atoms with Gasteiger partial charge in [0.2, 0.25) is 5.91 Å². The first-order valence-electron chi connectivity index (χ1n) is 23.3. The Morgan fingerprint density at radius 3 is 2.14 bits per heavy atom. The fraction of sp³-hybridized carbons (Fsp3) is 0.263. The van der Waals surface area contributed by atoms with Crippen LogP contribution in [-0.4, -0.2) is 46.4 Å². The lowest BCUT2D eigenvalue weighted by Gasteiger charge is -2.47. The van der Waals surface area contributed by atoms with Crippen molar-refractivity contribution in [1.82, 2.24) is 4.90 Å². The minimum Gasteiger partial charge on any atom is -0.489 e. The van der Waals surface area contributed by atoms with Crippen molar-refractivity contribution in [3.63, 3.8) is 0 Å². The van der Waals surface area contributed by atoms with Crippen LogP contribution >= 0.6 is 11.8 Å². The summed E-state index contributed by atoms with van der Waals surface area (Å²) in [5.41, 5.74) is 6.62. The first-order chi connectivity index (χ1) is 33.8. The number of carbonyl (C=O) groups is 3. The van der Waals surface area contributed by atoms with Gasteiger partial charge in [-0.2, -0.15) is 9.59 Å². The Bertz CT molecular complexity index is 2900. The van der Waals surface area contributed by atoms with Gasteiger partial charge in [-0.3, -0.25) is 9.59 Å². The van der Waals surface area contributed by atoms with Crippen LogP contribution in [0.5, 0.6) is 28.7 Å². The van der Waals surface area contributed by atoms with E-state index in [0.29, 0.717) is 60.6 Å². The number of carbonyl (C=O) groups excluding carboxylic acids is 5. The molecule has 1 spiro atoms. The second-order valence-corrected chi connectivity index (χ2v) is 18.6. The third-order valence-electron chi connectivity index (χ3n) is 12.8. The van der Waals surface area contributed by atoms with Crippen molar-refractivity contribution in [1.29, 1.82) is 0 Å². The summed E-state index contributed by atoms with van der Waals surface area (Å²) in [4.78, 5) is 57.5. The maximum atomic E-state index is 13.7. The van der Waals surface area contributed by atoms with Crippen LogP contribution in [0.2, 0.25) is 0 Å². The summed E-state index contributed by atoms with van der Waals surface area (Å²) < 4.78 is 32.3. The highest BCUT2D eigenvalue weighted by Gasteiger charge is 2.54. The minimum absolute atomic E-state index is 0.0000328.